The van der Waals surface area contributed by atoms with E-state index >= 15 is 0 Å². The second kappa shape index (κ2) is 6.01. The predicted molar refractivity (Wildman–Crippen MR) is 77.3 cm³/mol. The molecule has 0 saturated carbocycles. The second-order valence-electron chi connectivity index (χ2n) is 4.15. The second-order valence-corrected chi connectivity index (χ2v) is 4.94. The van der Waals surface area contributed by atoms with Crippen molar-refractivity contribution in [2.45, 2.75) is 19.9 Å². The lowest BCUT2D eigenvalue weighted by atomic mass is 10.3. The summed E-state index contributed by atoms with van der Waals surface area (Å²) in [5.74, 6) is 0. The molecule has 2 rings (SSSR count). The third-order valence-corrected chi connectivity index (χ3v) is 3.52. The molecule has 0 bridgehead atoms. The number of aromatic nitrogens is 4. The van der Waals surface area contributed by atoms with Crippen molar-refractivity contribution in [1.82, 2.24) is 19.6 Å². The lowest BCUT2D eigenvalue weighted by Crippen LogP contribution is -2.24. The molecule has 0 radical (unpaired) electrons. The summed E-state index contributed by atoms with van der Waals surface area (Å²) in [5.41, 5.74) is 1.61. The molecule has 102 valence electrons. The molecule has 0 atom stereocenters. The number of rotatable bonds is 5. The van der Waals surface area contributed by atoms with Crippen LogP contribution in [0.15, 0.2) is 27.7 Å². The van der Waals surface area contributed by atoms with Crippen LogP contribution in [-0.2, 0) is 20.0 Å². The van der Waals surface area contributed by atoms with E-state index in [9.17, 15) is 4.79 Å². The zero-order valence-corrected chi connectivity index (χ0v) is 12.5. The molecule has 0 aliphatic rings. The smallest absolute Gasteiger partial charge is 0.283 e. The minimum absolute atomic E-state index is 0.120. The van der Waals surface area contributed by atoms with Gasteiger partial charge >= 0.3 is 0 Å². The number of nitrogens with zero attached hydrogens (tertiary/aromatic N) is 4. The Morgan fingerprint density at radius 3 is 2.89 bits per heavy atom. The van der Waals surface area contributed by atoms with Gasteiger partial charge in [0.05, 0.1) is 17.6 Å². The van der Waals surface area contributed by atoms with E-state index in [1.54, 1.807) is 10.9 Å². The maximum absolute atomic E-state index is 11.9. The molecule has 1 N–H and O–H groups in total. The summed E-state index contributed by atoms with van der Waals surface area (Å²) in [6.07, 6.45) is 4.37. The van der Waals surface area contributed by atoms with Gasteiger partial charge in [-0.3, -0.25) is 9.48 Å². The lowest BCUT2D eigenvalue weighted by molar-refractivity contribution is 0.613. The van der Waals surface area contributed by atoms with Gasteiger partial charge in [-0.1, -0.05) is 0 Å². The van der Waals surface area contributed by atoms with Crippen LogP contribution in [-0.4, -0.2) is 26.1 Å². The van der Waals surface area contributed by atoms with Gasteiger partial charge in [0.25, 0.3) is 5.56 Å². The summed E-state index contributed by atoms with van der Waals surface area (Å²) in [4.78, 5) is 11.9. The van der Waals surface area contributed by atoms with Crippen molar-refractivity contribution in [3.05, 3.63) is 39.0 Å². The van der Waals surface area contributed by atoms with Gasteiger partial charge in [0.15, 0.2) is 0 Å². The molecule has 0 aromatic carbocycles. The van der Waals surface area contributed by atoms with E-state index in [-0.39, 0.29) is 5.56 Å². The largest absolute Gasteiger partial charge is 0.382 e. The Bertz CT molecular complexity index is 619. The van der Waals surface area contributed by atoms with Crippen LogP contribution in [0.2, 0.25) is 0 Å². The number of hydrogen-bond donors (Lipinski definition) is 1. The third kappa shape index (κ3) is 3.23. The van der Waals surface area contributed by atoms with Crippen molar-refractivity contribution >= 4 is 21.6 Å². The average molecular weight is 326 g/mol. The Balaban J connectivity index is 2.00. The molecular weight excluding hydrogens is 310 g/mol. The van der Waals surface area contributed by atoms with E-state index in [0.29, 0.717) is 23.2 Å². The molecule has 0 unspecified atom stereocenters. The Labute approximate surface area is 119 Å². The van der Waals surface area contributed by atoms with E-state index in [1.807, 2.05) is 26.2 Å². The van der Waals surface area contributed by atoms with E-state index < -0.39 is 0 Å². The molecule has 0 aliphatic carbocycles. The van der Waals surface area contributed by atoms with Gasteiger partial charge in [-0.15, -0.1) is 0 Å². The van der Waals surface area contributed by atoms with Crippen LogP contribution in [0.3, 0.4) is 0 Å². The number of aryl methyl sites for hydroxylation is 2. The molecule has 0 fully saturated rings. The fraction of sp³-hybridized carbons (Fsp3) is 0.417. The molecule has 6 nitrogen and oxygen atoms in total. The zero-order valence-electron chi connectivity index (χ0n) is 10.9. The minimum Gasteiger partial charge on any atom is -0.382 e. The molecule has 0 amide bonds. The first-order valence-electron chi connectivity index (χ1n) is 6.10. The standard InChI is InChI=1S/C12H16BrN5O/c1-3-18-12(19)11(13)10(8-15-18)14-6-4-9-5-7-17(2)16-9/h5,7-8,14H,3-4,6H2,1-2H3. The van der Waals surface area contributed by atoms with Crippen molar-refractivity contribution in [3.8, 4) is 0 Å². The van der Waals surface area contributed by atoms with Gasteiger partial charge in [0.2, 0.25) is 0 Å². The fourth-order valence-electron chi connectivity index (χ4n) is 1.74. The summed E-state index contributed by atoms with van der Waals surface area (Å²) in [6.45, 7) is 3.15. The Kier molecular flexibility index (Phi) is 4.36. The van der Waals surface area contributed by atoms with E-state index in [4.69, 9.17) is 0 Å². The van der Waals surface area contributed by atoms with Gasteiger partial charge in [0, 0.05) is 32.8 Å². The Morgan fingerprint density at radius 1 is 1.47 bits per heavy atom. The van der Waals surface area contributed by atoms with E-state index in [2.05, 4.69) is 31.4 Å². The van der Waals surface area contributed by atoms with Crippen molar-refractivity contribution in [2.75, 3.05) is 11.9 Å². The van der Waals surface area contributed by atoms with Gasteiger partial charge < -0.3 is 5.32 Å². The first-order valence-corrected chi connectivity index (χ1v) is 6.89. The topological polar surface area (TPSA) is 64.7 Å². The molecule has 19 heavy (non-hydrogen) atoms. The predicted octanol–water partition coefficient (Wildman–Crippen LogP) is 1.41. The van der Waals surface area contributed by atoms with Crippen molar-refractivity contribution in [1.29, 1.82) is 0 Å². The molecule has 2 heterocycles. The van der Waals surface area contributed by atoms with Crippen LogP contribution in [0.1, 0.15) is 12.6 Å². The monoisotopic (exact) mass is 325 g/mol. The number of hydrogen-bond acceptors (Lipinski definition) is 4. The number of nitrogens with one attached hydrogen (secondary N) is 1. The van der Waals surface area contributed by atoms with Crippen LogP contribution < -0.4 is 10.9 Å². The van der Waals surface area contributed by atoms with Crippen LogP contribution >= 0.6 is 15.9 Å². The van der Waals surface area contributed by atoms with Gasteiger partial charge in [-0.25, -0.2) is 4.68 Å². The van der Waals surface area contributed by atoms with Gasteiger partial charge in [-0.05, 0) is 28.9 Å². The SMILES string of the molecule is CCn1ncc(NCCc2ccn(C)n2)c(Br)c1=O. The minimum atomic E-state index is -0.120. The summed E-state index contributed by atoms with van der Waals surface area (Å²) in [5, 5.41) is 11.6. The van der Waals surface area contributed by atoms with Crippen molar-refractivity contribution in [2.24, 2.45) is 7.05 Å². The highest BCUT2D eigenvalue weighted by molar-refractivity contribution is 9.10. The highest BCUT2D eigenvalue weighted by Crippen LogP contribution is 2.15. The van der Waals surface area contributed by atoms with Crippen LogP contribution in [0.4, 0.5) is 5.69 Å². The third-order valence-electron chi connectivity index (χ3n) is 2.75. The normalized spacial score (nSPS) is 10.7. The Hall–Kier alpha value is -1.63. The molecule has 0 spiro atoms. The van der Waals surface area contributed by atoms with Crippen LogP contribution in [0.5, 0.6) is 0 Å². The molecule has 0 aliphatic heterocycles. The summed E-state index contributed by atoms with van der Waals surface area (Å²) in [7, 11) is 1.89. The summed E-state index contributed by atoms with van der Waals surface area (Å²) in [6, 6.07) is 1.98. The van der Waals surface area contributed by atoms with E-state index in [0.717, 1.165) is 12.1 Å². The molecule has 2 aromatic rings. The Morgan fingerprint density at radius 2 is 2.26 bits per heavy atom. The van der Waals surface area contributed by atoms with Crippen molar-refractivity contribution in [3.63, 3.8) is 0 Å². The quantitative estimate of drug-likeness (QED) is 0.902. The zero-order chi connectivity index (χ0) is 13.8. The molecule has 2 aromatic heterocycles. The fourth-order valence-corrected chi connectivity index (χ4v) is 2.18. The first-order chi connectivity index (χ1) is 9.11. The maximum Gasteiger partial charge on any atom is 0.283 e. The average Bonchev–Trinajstić information content (AvgIpc) is 2.81. The highest BCUT2D eigenvalue weighted by Gasteiger charge is 2.07. The highest BCUT2D eigenvalue weighted by atomic mass is 79.9. The van der Waals surface area contributed by atoms with Gasteiger partial charge in [0.1, 0.15) is 4.47 Å². The maximum atomic E-state index is 11.9. The first kappa shape index (κ1) is 13.8. The molecule has 7 heteroatoms. The number of halogens is 1. The van der Waals surface area contributed by atoms with E-state index in [1.165, 1.54) is 4.68 Å². The summed E-state index contributed by atoms with van der Waals surface area (Å²) < 4.78 is 3.70. The van der Waals surface area contributed by atoms with Gasteiger partial charge in [-0.2, -0.15) is 10.2 Å². The number of anilines is 1. The summed E-state index contributed by atoms with van der Waals surface area (Å²) >= 11 is 3.31. The molecular formula is C12H16BrN5O. The lowest BCUT2D eigenvalue weighted by Gasteiger charge is -2.08. The van der Waals surface area contributed by atoms with Crippen LogP contribution in [0.25, 0.3) is 0 Å². The van der Waals surface area contributed by atoms with Crippen molar-refractivity contribution < 1.29 is 0 Å². The molecule has 0 saturated heterocycles. The van der Waals surface area contributed by atoms with Crippen LogP contribution in [0, 0.1) is 0 Å².